The molecule has 2 amide bonds. The van der Waals surface area contributed by atoms with Crippen LogP contribution in [0.3, 0.4) is 0 Å². The van der Waals surface area contributed by atoms with Crippen molar-refractivity contribution >= 4 is 11.7 Å². The number of aliphatic hydroxyl groups is 1. The molecular weight excluding hydrogens is 389 g/mol. The second-order valence-electron chi connectivity index (χ2n) is 6.70. The summed E-state index contributed by atoms with van der Waals surface area (Å²) in [5.41, 5.74) is -0.182. The van der Waals surface area contributed by atoms with Crippen LogP contribution in [0, 0.1) is 5.92 Å². The van der Waals surface area contributed by atoms with E-state index in [0.29, 0.717) is 17.1 Å². The summed E-state index contributed by atoms with van der Waals surface area (Å²) in [5, 5.41) is 12.3. The van der Waals surface area contributed by atoms with Crippen LogP contribution in [0.2, 0.25) is 0 Å². The lowest BCUT2D eigenvalue weighted by Gasteiger charge is -2.38. The highest BCUT2D eigenvalue weighted by molar-refractivity contribution is 5.89. The largest absolute Gasteiger partial charge is 0.493 e. The molecule has 0 bridgehead atoms. The minimum absolute atomic E-state index is 0.0233. The summed E-state index contributed by atoms with van der Waals surface area (Å²) in [4.78, 5) is 14.1. The van der Waals surface area contributed by atoms with Crippen molar-refractivity contribution < 1.29 is 32.5 Å². The summed E-state index contributed by atoms with van der Waals surface area (Å²) in [6, 6.07) is 8.48. The number of methoxy groups -OCH3 is 1. The first-order valence-corrected chi connectivity index (χ1v) is 8.88. The van der Waals surface area contributed by atoms with Crippen molar-refractivity contribution in [1.82, 2.24) is 4.90 Å². The smallest absolute Gasteiger partial charge is 0.416 e. The molecule has 0 spiro atoms. The molecule has 1 aliphatic heterocycles. The van der Waals surface area contributed by atoms with Gasteiger partial charge in [-0.15, -0.1) is 0 Å². The highest BCUT2D eigenvalue weighted by atomic mass is 19.4. The van der Waals surface area contributed by atoms with E-state index in [9.17, 15) is 23.1 Å². The van der Waals surface area contributed by atoms with Crippen LogP contribution in [0.4, 0.5) is 23.7 Å². The van der Waals surface area contributed by atoms with E-state index in [0.717, 1.165) is 12.1 Å². The van der Waals surface area contributed by atoms with Gasteiger partial charge in [-0.3, -0.25) is 0 Å². The number of carbonyl (C=O) groups is 1. The summed E-state index contributed by atoms with van der Waals surface area (Å²) in [7, 11) is 3.01. The highest BCUT2D eigenvalue weighted by Gasteiger charge is 2.37. The van der Waals surface area contributed by atoms with Crippen molar-refractivity contribution in [2.45, 2.75) is 12.2 Å². The molecule has 2 N–H and O–H groups in total. The number of para-hydroxylation sites is 1. The average Bonchev–Trinajstić information content (AvgIpc) is 2.71. The number of benzene rings is 2. The maximum atomic E-state index is 12.9. The van der Waals surface area contributed by atoms with Crippen LogP contribution in [0.15, 0.2) is 42.5 Å². The number of alkyl halides is 3. The monoisotopic (exact) mass is 410 g/mol. The molecule has 156 valence electrons. The number of amides is 2. The predicted octanol–water partition coefficient (Wildman–Crippen LogP) is 3.92. The van der Waals surface area contributed by atoms with Gasteiger partial charge in [0.25, 0.3) is 0 Å². The van der Waals surface area contributed by atoms with E-state index < -0.39 is 29.7 Å². The van der Waals surface area contributed by atoms with Crippen molar-refractivity contribution in [3.63, 3.8) is 0 Å². The predicted molar refractivity (Wildman–Crippen MR) is 100 cm³/mol. The Hall–Kier alpha value is -2.94. The lowest BCUT2D eigenvalue weighted by atomic mass is 9.90. The van der Waals surface area contributed by atoms with Crippen LogP contribution in [0.25, 0.3) is 0 Å². The molecule has 1 heterocycles. The molecule has 0 aliphatic carbocycles. The molecule has 0 radical (unpaired) electrons. The fraction of sp³-hybridized carbons (Fsp3) is 0.350. The van der Waals surface area contributed by atoms with E-state index in [2.05, 4.69) is 5.32 Å². The number of hydrogen-bond donors (Lipinski definition) is 2. The number of hydrogen-bond acceptors (Lipinski definition) is 4. The lowest BCUT2D eigenvalue weighted by Crippen LogP contribution is -2.43. The van der Waals surface area contributed by atoms with Gasteiger partial charge in [0.2, 0.25) is 0 Å². The molecule has 2 unspecified atom stereocenters. The molecule has 2 atom stereocenters. The van der Waals surface area contributed by atoms with E-state index in [-0.39, 0.29) is 18.9 Å². The number of urea groups is 1. The highest BCUT2D eigenvalue weighted by Crippen LogP contribution is 2.44. The van der Waals surface area contributed by atoms with Gasteiger partial charge in [-0.05, 0) is 24.3 Å². The molecule has 29 heavy (non-hydrogen) atoms. The maximum absolute atomic E-state index is 12.9. The summed E-state index contributed by atoms with van der Waals surface area (Å²) >= 11 is 0. The molecular formula is C20H21F3N2O4. The molecule has 1 aliphatic rings. The number of nitrogens with zero attached hydrogens (tertiary/aromatic N) is 1. The third-order valence-electron chi connectivity index (χ3n) is 4.85. The SMILES string of the molecule is COc1cccc2c1OCC(CO)C2N(C)C(=O)Nc1cccc(C(F)(F)F)c1. The Bertz CT molecular complexity index is 888. The van der Waals surface area contributed by atoms with Gasteiger partial charge < -0.3 is 24.8 Å². The van der Waals surface area contributed by atoms with Crippen molar-refractivity contribution in [2.75, 3.05) is 32.7 Å². The van der Waals surface area contributed by atoms with Crippen LogP contribution in [0.1, 0.15) is 17.2 Å². The minimum Gasteiger partial charge on any atom is -0.493 e. The van der Waals surface area contributed by atoms with Gasteiger partial charge in [0.05, 0.1) is 31.9 Å². The van der Waals surface area contributed by atoms with E-state index in [4.69, 9.17) is 9.47 Å². The van der Waals surface area contributed by atoms with E-state index in [1.54, 1.807) is 18.2 Å². The summed E-state index contributed by atoms with van der Waals surface area (Å²) in [5.74, 6) is 0.561. The van der Waals surface area contributed by atoms with Gasteiger partial charge in [-0.2, -0.15) is 13.2 Å². The number of halogens is 3. The zero-order chi connectivity index (χ0) is 21.2. The van der Waals surface area contributed by atoms with Crippen molar-refractivity contribution in [2.24, 2.45) is 5.92 Å². The quantitative estimate of drug-likeness (QED) is 0.802. The fourth-order valence-electron chi connectivity index (χ4n) is 3.41. The van der Waals surface area contributed by atoms with Crippen LogP contribution in [-0.2, 0) is 6.18 Å². The molecule has 6 nitrogen and oxygen atoms in total. The van der Waals surface area contributed by atoms with Gasteiger partial charge >= 0.3 is 12.2 Å². The summed E-state index contributed by atoms with van der Waals surface area (Å²) in [6.07, 6.45) is -4.51. The second kappa shape index (κ2) is 8.20. The van der Waals surface area contributed by atoms with Gasteiger partial charge in [-0.25, -0.2) is 4.79 Å². The third kappa shape index (κ3) is 4.24. The van der Waals surface area contributed by atoms with E-state index in [1.165, 1.54) is 31.2 Å². The first-order valence-electron chi connectivity index (χ1n) is 8.88. The zero-order valence-corrected chi connectivity index (χ0v) is 15.9. The molecule has 9 heteroatoms. The fourth-order valence-corrected chi connectivity index (χ4v) is 3.41. The number of nitrogens with one attached hydrogen (secondary N) is 1. The molecule has 0 fully saturated rings. The molecule has 0 saturated carbocycles. The van der Waals surface area contributed by atoms with E-state index in [1.807, 2.05) is 0 Å². The molecule has 2 aromatic rings. The summed E-state index contributed by atoms with van der Waals surface area (Å²) in [6.45, 7) is -0.0712. The van der Waals surface area contributed by atoms with Crippen molar-refractivity contribution in [1.29, 1.82) is 0 Å². The van der Waals surface area contributed by atoms with Crippen LogP contribution in [-0.4, -0.2) is 43.4 Å². The number of aliphatic hydroxyl groups excluding tert-OH is 1. The average molecular weight is 410 g/mol. The Kier molecular flexibility index (Phi) is 5.88. The summed E-state index contributed by atoms with van der Waals surface area (Å²) < 4.78 is 49.7. The third-order valence-corrected chi connectivity index (χ3v) is 4.85. The number of carbonyl (C=O) groups excluding carboxylic acids is 1. The molecule has 2 aromatic carbocycles. The standard InChI is InChI=1S/C20H21F3N2O4/c1-25(19(27)24-14-6-3-5-13(9-14)20(21,22)23)17-12(10-26)11-29-18-15(17)7-4-8-16(18)28-2/h3-9,12,17,26H,10-11H2,1-2H3,(H,24,27). The van der Waals surface area contributed by atoms with Crippen molar-refractivity contribution in [3.05, 3.63) is 53.6 Å². The van der Waals surface area contributed by atoms with Crippen LogP contribution >= 0.6 is 0 Å². The minimum atomic E-state index is -4.51. The van der Waals surface area contributed by atoms with Crippen molar-refractivity contribution in [3.8, 4) is 11.5 Å². The van der Waals surface area contributed by atoms with Crippen LogP contribution in [0.5, 0.6) is 11.5 Å². The van der Waals surface area contributed by atoms with E-state index >= 15 is 0 Å². The van der Waals surface area contributed by atoms with Gasteiger partial charge in [0, 0.05) is 24.2 Å². The number of anilines is 1. The second-order valence-corrected chi connectivity index (χ2v) is 6.70. The number of rotatable bonds is 4. The Morgan fingerprint density at radius 2 is 2.03 bits per heavy atom. The van der Waals surface area contributed by atoms with Crippen LogP contribution < -0.4 is 14.8 Å². The Morgan fingerprint density at radius 1 is 1.31 bits per heavy atom. The molecule has 0 aromatic heterocycles. The number of ether oxygens (including phenoxy) is 2. The molecule has 0 saturated heterocycles. The molecule has 3 rings (SSSR count). The van der Waals surface area contributed by atoms with Gasteiger partial charge in [0.1, 0.15) is 0 Å². The Morgan fingerprint density at radius 3 is 2.69 bits per heavy atom. The normalized spacial score (nSPS) is 18.4. The van der Waals surface area contributed by atoms with Gasteiger partial charge in [0.15, 0.2) is 11.5 Å². The Balaban J connectivity index is 1.87. The lowest BCUT2D eigenvalue weighted by molar-refractivity contribution is -0.137. The first kappa shape index (κ1) is 20.8. The topological polar surface area (TPSA) is 71.0 Å². The zero-order valence-electron chi connectivity index (χ0n) is 15.9. The number of fused-ring (bicyclic) bond motifs is 1. The first-order chi connectivity index (χ1) is 13.8. The maximum Gasteiger partial charge on any atom is 0.416 e. The Labute approximate surface area is 165 Å². The van der Waals surface area contributed by atoms with Gasteiger partial charge in [-0.1, -0.05) is 18.2 Å².